The predicted molar refractivity (Wildman–Crippen MR) is 72.3 cm³/mol. The topological polar surface area (TPSA) is 38.0 Å². The van der Waals surface area contributed by atoms with Gasteiger partial charge in [0.1, 0.15) is 5.82 Å². The number of imidazole rings is 1. The number of rotatable bonds is 2. The zero-order valence-corrected chi connectivity index (χ0v) is 11.7. The van der Waals surface area contributed by atoms with Gasteiger partial charge in [-0.1, -0.05) is 0 Å². The van der Waals surface area contributed by atoms with Crippen molar-refractivity contribution >= 4 is 27.3 Å². The number of nitrogens with zero attached hydrogens (tertiary/aromatic N) is 2. The number of thiophene rings is 1. The molecule has 2 aromatic heterocycles. The van der Waals surface area contributed by atoms with Crippen molar-refractivity contribution in [2.45, 2.75) is 25.3 Å². The van der Waals surface area contributed by atoms with Crippen LogP contribution in [0.15, 0.2) is 22.1 Å². The molecule has 17 heavy (non-hydrogen) atoms. The van der Waals surface area contributed by atoms with Crippen LogP contribution in [0, 0.1) is 0 Å². The van der Waals surface area contributed by atoms with Gasteiger partial charge in [0.25, 0.3) is 0 Å². The average Bonchev–Trinajstić information content (AvgIpc) is 2.94. The van der Waals surface area contributed by atoms with E-state index in [0.717, 1.165) is 29.0 Å². The van der Waals surface area contributed by atoms with Gasteiger partial charge < -0.3 is 9.67 Å². The lowest BCUT2D eigenvalue weighted by atomic mass is 9.97. The second-order valence-corrected chi connectivity index (χ2v) is 6.75. The SMILES string of the molecule is OCC1CCCn2c1cnc2-c1ccc(Br)s1. The molecular formula is C12H13BrN2OS. The summed E-state index contributed by atoms with van der Waals surface area (Å²) in [6.45, 7) is 1.23. The number of halogens is 1. The molecule has 0 bridgehead atoms. The molecule has 2 aromatic rings. The van der Waals surface area contributed by atoms with Crippen molar-refractivity contribution in [2.24, 2.45) is 0 Å². The van der Waals surface area contributed by atoms with Crippen molar-refractivity contribution < 1.29 is 5.11 Å². The molecule has 1 N–H and O–H groups in total. The van der Waals surface area contributed by atoms with Gasteiger partial charge in [0.15, 0.2) is 0 Å². The Balaban J connectivity index is 2.05. The van der Waals surface area contributed by atoms with Gasteiger partial charge >= 0.3 is 0 Å². The fraction of sp³-hybridized carbons (Fsp3) is 0.417. The lowest BCUT2D eigenvalue weighted by molar-refractivity contribution is 0.241. The summed E-state index contributed by atoms with van der Waals surface area (Å²) in [5.74, 6) is 1.29. The van der Waals surface area contributed by atoms with Crippen LogP contribution >= 0.6 is 27.3 Å². The average molecular weight is 313 g/mol. The van der Waals surface area contributed by atoms with E-state index in [9.17, 15) is 5.11 Å². The third-order valence-corrected chi connectivity index (χ3v) is 4.87. The van der Waals surface area contributed by atoms with Crippen molar-refractivity contribution in [1.29, 1.82) is 0 Å². The van der Waals surface area contributed by atoms with Crippen LogP contribution in [-0.2, 0) is 6.54 Å². The molecule has 90 valence electrons. The molecule has 0 saturated carbocycles. The maximum Gasteiger partial charge on any atom is 0.150 e. The lowest BCUT2D eigenvalue weighted by Crippen LogP contribution is -2.18. The van der Waals surface area contributed by atoms with E-state index in [1.54, 1.807) is 11.3 Å². The van der Waals surface area contributed by atoms with E-state index in [-0.39, 0.29) is 12.5 Å². The first-order chi connectivity index (χ1) is 8.29. The molecule has 3 heterocycles. The molecule has 0 aliphatic carbocycles. The summed E-state index contributed by atoms with van der Waals surface area (Å²) in [6.07, 6.45) is 4.10. The Morgan fingerprint density at radius 2 is 2.41 bits per heavy atom. The molecule has 0 radical (unpaired) electrons. The van der Waals surface area contributed by atoms with Crippen LogP contribution in [0.2, 0.25) is 0 Å². The largest absolute Gasteiger partial charge is 0.396 e. The minimum absolute atomic E-state index is 0.221. The quantitative estimate of drug-likeness (QED) is 0.924. The van der Waals surface area contributed by atoms with Gasteiger partial charge in [0.05, 0.1) is 15.3 Å². The van der Waals surface area contributed by atoms with E-state index in [1.165, 1.54) is 10.6 Å². The zero-order chi connectivity index (χ0) is 11.8. The van der Waals surface area contributed by atoms with E-state index in [0.29, 0.717) is 0 Å². The molecule has 3 rings (SSSR count). The molecule has 0 fully saturated rings. The zero-order valence-electron chi connectivity index (χ0n) is 9.27. The molecule has 3 nitrogen and oxygen atoms in total. The van der Waals surface area contributed by atoms with E-state index in [4.69, 9.17) is 0 Å². The molecule has 0 aromatic carbocycles. The van der Waals surface area contributed by atoms with Gasteiger partial charge in [-0.15, -0.1) is 11.3 Å². The number of fused-ring (bicyclic) bond motifs is 1. The number of aromatic nitrogens is 2. The summed E-state index contributed by atoms with van der Waals surface area (Å²) < 4.78 is 3.38. The Morgan fingerprint density at radius 1 is 1.53 bits per heavy atom. The summed E-state index contributed by atoms with van der Waals surface area (Å²) in [7, 11) is 0. The van der Waals surface area contributed by atoms with E-state index < -0.39 is 0 Å². The smallest absolute Gasteiger partial charge is 0.150 e. The summed E-state index contributed by atoms with van der Waals surface area (Å²) in [6, 6.07) is 4.14. The van der Waals surface area contributed by atoms with Crippen LogP contribution in [0.25, 0.3) is 10.7 Å². The number of aliphatic hydroxyl groups is 1. The third-order valence-electron chi connectivity index (χ3n) is 3.25. The van der Waals surface area contributed by atoms with Gasteiger partial charge in [-0.2, -0.15) is 0 Å². The molecule has 0 spiro atoms. The van der Waals surface area contributed by atoms with Crippen molar-refractivity contribution in [1.82, 2.24) is 9.55 Å². The maximum atomic E-state index is 9.38. The second-order valence-electron chi connectivity index (χ2n) is 4.28. The minimum Gasteiger partial charge on any atom is -0.396 e. The fourth-order valence-corrected chi connectivity index (χ4v) is 3.80. The Labute approximate surface area is 112 Å². The van der Waals surface area contributed by atoms with Gasteiger partial charge in [0.2, 0.25) is 0 Å². The van der Waals surface area contributed by atoms with Crippen molar-refractivity contribution in [3.8, 4) is 10.7 Å². The van der Waals surface area contributed by atoms with Crippen LogP contribution < -0.4 is 0 Å². The van der Waals surface area contributed by atoms with Gasteiger partial charge in [-0.25, -0.2) is 4.98 Å². The van der Waals surface area contributed by atoms with Crippen molar-refractivity contribution in [3.63, 3.8) is 0 Å². The molecule has 1 atom stereocenters. The predicted octanol–water partition coefficient (Wildman–Crippen LogP) is 3.24. The van der Waals surface area contributed by atoms with E-state index in [1.807, 2.05) is 12.3 Å². The maximum absolute atomic E-state index is 9.38. The monoisotopic (exact) mass is 312 g/mol. The fourth-order valence-electron chi connectivity index (χ4n) is 2.41. The molecule has 5 heteroatoms. The molecule has 1 aliphatic heterocycles. The van der Waals surface area contributed by atoms with Gasteiger partial charge in [-0.3, -0.25) is 0 Å². The molecular weight excluding hydrogens is 300 g/mol. The molecule has 0 amide bonds. The summed E-state index contributed by atoms with van der Waals surface area (Å²) in [4.78, 5) is 5.70. The number of aliphatic hydroxyl groups excluding tert-OH is 1. The Morgan fingerprint density at radius 3 is 3.12 bits per heavy atom. The summed E-state index contributed by atoms with van der Waals surface area (Å²) in [5, 5.41) is 9.38. The Bertz CT molecular complexity index is 534. The van der Waals surface area contributed by atoms with Gasteiger partial charge in [0, 0.05) is 24.4 Å². The van der Waals surface area contributed by atoms with Crippen LogP contribution in [-0.4, -0.2) is 21.3 Å². The normalized spacial score (nSPS) is 19.3. The van der Waals surface area contributed by atoms with Crippen LogP contribution in [0.5, 0.6) is 0 Å². The Hall–Kier alpha value is -0.650. The molecule has 1 aliphatic rings. The first-order valence-corrected chi connectivity index (χ1v) is 7.32. The summed E-state index contributed by atoms with van der Waals surface area (Å²) in [5.41, 5.74) is 1.18. The van der Waals surface area contributed by atoms with Crippen molar-refractivity contribution in [3.05, 3.63) is 27.8 Å². The highest BCUT2D eigenvalue weighted by Crippen LogP contribution is 2.35. The second kappa shape index (κ2) is 4.55. The van der Waals surface area contributed by atoms with Crippen molar-refractivity contribution in [2.75, 3.05) is 6.61 Å². The first-order valence-electron chi connectivity index (χ1n) is 5.71. The highest BCUT2D eigenvalue weighted by atomic mass is 79.9. The number of hydrogen-bond acceptors (Lipinski definition) is 3. The highest BCUT2D eigenvalue weighted by molar-refractivity contribution is 9.11. The summed E-state index contributed by atoms with van der Waals surface area (Å²) >= 11 is 5.18. The van der Waals surface area contributed by atoms with Crippen LogP contribution in [0.4, 0.5) is 0 Å². The standard InChI is InChI=1S/C12H13BrN2OS/c13-11-4-3-10(17-11)12-14-6-9-8(7-16)2-1-5-15(9)12/h3-4,6,8,16H,1-2,5,7H2. The van der Waals surface area contributed by atoms with E-state index in [2.05, 4.69) is 31.5 Å². The Kier molecular flexibility index (Phi) is 3.06. The first kappa shape index (κ1) is 11.4. The van der Waals surface area contributed by atoms with Crippen LogP contribution in [0.3, 0.4) is 0 Å². The highest BCUT2D eigenvalue weighted by Gasteiger charge is 2.23. The third kappa shape index (κ3) is 1.96. The molecule has 0 saturated heterocycles. The van der Waals surface area contributed by atoms with Crippen LogP contribution in [0.1, 0.15) is 24.5 Å². The molecule has 1 unspecified atom stereocenters. The minimum atomic E-state index is 0.221. The number of hydrogen-bond donors (Lipinski definition) is 1. The van der Waals surface area contributed by atoms with Gasteiger partial charge in [-0.05, 0) is 40.9 Å². The lowest BCUT2D eigenvalue weighted by Gasteiger charge is -2.23. The van der Waals surface area contributed by atoms with E-state index >= 15 is 0 Å².